The monoisotopic (exact) mass is 399 g/mol. The lowest BCUT2D eigenvalue weighted by Gasteiger charge is -2.07. The lowest BCUT2D eigenvalue weighted by molar-refractivity contribution is -0.148. The molecule has 1 amide bonds. The Hall–Kier alpha value is -2.42. The van der Waals surface area contributed by atoms with E-state index in [1.807, 2.05) is 6.92 Å². The van der Waals surface area contributed by atoms with Gasteiger partial charge in [0, 0.05) is 13.0 Å². The van der Waals surface area contributed by atoms with Gasteiger partial charge in [0.1, 0.15) is 0 Å². The van der Waals surface area contributed by atoms with Crippen molar-refractivity contribution < 1.29 is 32.3 Å². The van der Waals surface area contributed by atoms with E-state index in [4.69, 9.17) is 9.47 Å². The summed E-state index contributed by atoms with van der Waals surface area (Å²) in [5, 5.41) is 2.50. The molecule has 9 heteroatoms. The molecule has 1 aromatic rings. The summed E-state index contributed by atoms with van der Waals surface area (Å²) in [5.41, 5.74) is 0.932. The molecule has 0 saturated carbocycles. The predicted octanol–water partition coefficient (Wildman–Crippen LogP) is 1.16. The van der Waals surface area contributed by atoms with Crippen LogP contribution < -0.4 is 5.32 Å². The highest BCUT2D eigenvalue weighted by atomic mass is 32.2. The van der Waals surface area contributed by atoms with E-state index >= 15 is 0 Å². The van der Waals surface area contributed by atoms with E-state index in [-0.39, 0.29) is 30.3 Å². The number of hydrogen-bond acceptors (Lipinski definition) is 7. The first kappa shape index (κ1) is 22.6. The average Bonchev–Trinajstić information content (AvgIpc) is 2.62. The summed E-state index contributed by atoms with van der Waals surface area (Å²) in [5.74, 6) is -2.02. The number of ether oxygens (including phenoxy) is 2. The lowest BCUT2D eigenvalue weighted by Crippen LogP contribution is -2.30. The molecule has 0 radical (unpaired) electrons. The Morgan fingerprint density at radius 3 is 2.26 bits per heavy atom. The minimum atomic E-state index is -3.59. The summed E-state index contributed by atoms with van der Waals surface area (Å²) in [6.45, 7) is 3.61. The quantitative estimate of drug-likeness (QED) is 0.438. The van der Waals surface area contributed by atoms with Crippen molar-refractivity contribution in [2.45, 2.75) is 38.0 Å². The van der Waals surface area contributed by atoms with Gasteiger partial charge in [-0.3, -0.25) is 14.4 Å². The Bertz CT molecular complexity index is 741. The summed E-state index contributed by atoms with van der Waals surface area (Å²) in [6, 6.07) is 6.33. The van der Waals surface area contributed by atoms with Crippen molar-refractivity contribution in [3.63, 3.8) is 0 Å². The Balaban J connectivity index is 2.25. The Kier molecular flexibility index (Phi) is 9.49. The first-order chi connectivity index (χ1) is 12.7. The molecule has 0 saturated heterocycles. The van der Waals surface area contributed by atoms with Gasteiger partial charge in [-0.15, -0.1) is 0 Å². The molecule has 8 nitrogen and oxygen atoms in total. The highest BCUT2D eigenvalue weighted by Gasteiger charge is 2.17. The second kappa shape index (κ2) is 11.3. The molecule has 1 rings (SSSR count). The highest BCUT2D eigenvalue weighted by Crippen LogP contribution is 2.13. The molecule has 27 heavy (non-hydrogen) atoms. The van der Waals surface area contributed by atoms with Crippen LogP contribution in [0.2, 0.25) is 0 Å². The number of carbonyl (C=O) groups is 3. The minimum absolute atomic E-state index is 0.139. The molecule has 0 unspecified atom stereocenters. The Morgan fingerprint density at radius 1 is 1.00 bits per heavy atom. The van der Waals surface area contributed by atoms with Crippen LogP contribution in [-0.2, 0) is 33.7 Å². The third-order valence-electron chi connectivity index (χ3n) is 3.50. The van der Waals surface area contributed by atoms with Crippen molar-refractivity contribution in [2.24, 2.45) is 0 Å². The molecule has 1 aromatic carbocycles. The van der Waals surface area contributed by atoms with Crippen molar-refractivity contribution in [3.05, 3.63) is 29.8 Å². The standard InChI is InChI=1S/C18H25NO7S/c1-3-25-17(21)5-4-11-19-16(20)13-26-18(22)10-12-27(23,24)15-8-6-14(2)7-9-15/h6-9H,3-5,10-13H2,1-2H3,(H,19,20). The fourth-order valence-corrected chi connectivity index (χ4v) is 3.27. The number of sulfone groups is 1. The van der Waals surface area contributed by atoms with Crippen molar-refractivity contribution in [3.8, 4) is 0 Å². The van der Waals surface area contributed by atoms with Crippen LogP contribution in [0.4, 0.5) is 0 Å². The van der Waals surface area contributed by atoms with Crippen LogP contribution in [0.15, 0.2) is 29.2 Å². The molecular weight excluding hydrogens is 374 g/mol. The minimum Gasteiger partial charge on any atom is -0.466 e. The molecule has 0 bridgehead atoms. The van der Waals surface area contributed by atoms with Gasteiger partial charge in [0.25, 0.3) is 5.91 Å². The fraction of sp³-hybridized carbons (Fsp3) is 0.500. The second-order valence-electron chi connectivity index (χ2n) is 5.80. The van der Waals surface area contributed by atoms with E-state index in [0.717, 1.165) is 5.56 Å². The van der Waals surface area contributed by atoms with Gasteiger partial charge < -0.3 is 14.8 Å². The van der Waals surface area contributed by atoms with Crippen molar-refractivity contribution >= 4 is 27.7 Å². The van der Waals surface area contributed by atoms with E-state index in [9.17, 15) is 22.8 Å². The van der Waals surface area contributed by atoms with Gasteiger partial charge in [0.05, 0.1) is 23.7 Å². The van der Waals surface area contributed by atoms with Crippen LogP contribution in [-0.4, -0.2) is 51.8 Å². The second-order valence-corrected chi connectivity index (χ2v) is 7.91. The number of aryl methyl sites for hydroxylation is 1. The van der Waals surface area contributed by atoms with Gasteiger partial charge in [-0.2, -0.15) is 0 Å². The maximum atomic E-state index is 12.1. The smallest absolute Gasteiger partial charge is 0.307 e. The number of rotatable bonds is 11. The summed E-state index contributed by atoms with van der Waals surface area (Å²) in [6.07, 6.45) is 0.254. The zero-order valence-electron chi connectivity index (χ0n) is 15.5. The average molecular weight is 399 g/mol. The molecular formula is C18H25NO7S. The zero-order valence-corrected chi connectivity index (χ0v) is 16.3. The number of benzene rings is 1. The third-order valence-corrected chi connectivity index (χ3v) is 5.24. The third kappa shape index (κ3) is 9.18. The normalized spacial score (nSPS) is 10.9. The van der Waals surface area contributed by atoms with Gasteiger partial charge in [0.15, 0.2) is 16.4 Å². The van der Waals surface area contributed by atoms with Crippen molar-refractivity contribution in [2.75, 3.05) is 25.5 Å². The SMILES string of the molecule is CCOC(=O)CCCNC(=O)COC(=O)CCS(=O)(=O)c1ccc(C)cc1. The van der Waals surface area contributed by atoms with E-state index in [0.29, 0.717) is 13.0 Å². The first-order valence-electron chi connectivity index (χ1n) is 8.62. The van der Waals surface area contributed by atoms with Gasteiger partial charge in [-0.1, -0.05) is 17.7 Å². The van der Waals surface area contributed by atoms with Gasteiger partial charge >= 0.3 is 11.9 Å². The Morgan fingerprint density at radius 2 is 1.63 bits per heavy atom. The lowest BCUT2D eigenvalue weighted by atomic mass is 10.2. The van der Waals surface area contributed by atoms with Gasteiger partial charge in [-0.05, 0) is 32.4 Å². The zero-order chi connectivity index (χ0) is 20.3. The number of hydrogen-bond donors (Lipinski definition) is 1. The van der Waals surface area contributed by atoms with Crippen LogP contribution in [0.3, 0.4) is 0 Å². The van der Waals surface area contributed by atoms with Crippen LogP contribution in [0.1, 0.15) is 31.7 Å². The van der Waals surface area contributed by atoms with Gasteiger partial charge in [-0.25, -0.2) is 8.42 Å². The molecule has 150 valence electrons. The maximum absolute atomic E-state index is 12.1. The molecule has 0 fully saturated rings. The van der Waals surface area contributed by atoms with Crippen LogP contribution in [0.5, 0.6) is 0 Å². The summed E-state index contributed by atoms with van der Waals surface area (Å²) >= 11 is 0. The summed E-state index contributed by atoms with van der Waals surface area (Å²) < 4.78 is 33.8. The molecule has 0 atom stereocenters. The van der Waals surface area contributed by atoms with E-state index in [1.165, 1.54) is 12.1 Å². The number of amides is 1. The highest BCUT2D eigenvalue weighted by molar-refractivity contribution is 7.91. The van der Waals surface area contributed by atoms with Crippen molar-refractivity contribution in [1.29, 1.82) is 0 Å². The number of nitrogens with one attached hydrogen (secondary N) is 1. The predicted molar refractivity (Wildman–Crippen MR) is 97.7 cm³/mol. The largest absolute Gasteiger partial charge is 0.466 e. The molecule has 0 heterocycles. The maximum Gasteiger partial charge on any atom is 0.307 e. The fourth-order valence-electron chi connectivity index (χ4n) is 2.04. The molecule has 0 aliphatic rings. The van der Waals surface area contributed by atoms with E-state index in [2.05, 4.69) is 5.32 Å². The van der Waals surface area contributed by atoms with Crippen LogP contribution in [0, 0.1) is 6.92 Å². The van der Waals surface area contributed by atoms with E-state index < -0.39 is 34.1 Å². The first-order valence-corrected chi connectivity index (χ1v) is 10.3. The van der Waals surface area contributed by atoms with Crippen molar-refractivity contribution in [1.82, 2.24) is 5.32 Å². The molecule has 0 aliphatic carbocycles. The summed E-state index contributed by atoms with van der Waals surface area (Å²) in [4.78, 5) is 34.5. The van der Waals surface area contributed by atoms with Gasteiger partial charge in [0.2, 0.25) is 0 Å². The summed E-state index contributed by atoms with van der Waals surface area (Å²) in [7, 11) is -3.59. The number of esters is 2. The molecule has 0 aromatic heterocycles. The molecule has 0 spiro atoms. The topological polar surface area (TPSA) is 116 Å². The van der Waals surface area contributed by atoms with Crippen LogP contribution >= 0.6 is 0 Å². The van der Waals surface area contributed by atoms with E-state index in [1.54, 1.807) is 19.1 Å². The van der Waals surface area contributed by atoms with Crippen LogP contribution in [0.25, 0.3) is 0 Å². The Labute approximate surface area is 159 Å². The molecule has 1 N–H and O–H groups in total. The number of carbonyl (C=O) groups excluding carboxylic acids is 3. The molecule has 0 aliphatic heterocycles.